The third kappa shape index (κ3) is 5.11. The molecule has 3 atom stereocenters. The third-order valence-corrected chi connectivity index (χ3v) is 4.34. The largest absolute Gasteiger partial charge is 0.480 e. The monoisotopic (exact) mass is 394 g/mol. The number of hydrogen-bond acceptors (Lipinski definition) is 3. The first-order chi connectivity index (χ1) is 9.97. The highest BCUT2D eigenvalue weighted by Crippen LogP contribution is 2.26. The molecule has 0 radical (unpaired) electrons. The van der Waals surface area contributed by atoms with E-state index in [-0.39, 0.29) is 30.2 Å². The van der Waals surface area contributed by atoms with Crippen LogP contribution in [-0.4, -0.2) is 31.1 Å². The Morgan fingerprint density at radius 2 is 2.27 bits per heavy atom. The van der Waals surface area contributed by atoms with Crippen LogP contribution in [0.25, 0.3) is 0 Å². The smallest absolute Gasteiger partial charge is 0.261 e. The summed E-state index contributed by atoms with van der Waals surface area (Å²) in [4.78, 5) is 12.2. The minimum Gasteiger partial charge on any atom is -0.480 e. The molecule has 4 nitrogen and oxygen atoms in total. The standard InChI is InChI=1S/C15H20BrFN2O2.ClH/c1-9-5-6-18-8-13(9)19-15(20)10(2)21-14-4-3-11(17)7-12(14)16;/h3-4,7,9-10,13,18H,5-6,8H2,1-2H3,(H,19,20);1H. The number of benzene rings is 1. The second-order valence-electron chi connectivity index (χ2n) is 5.42. The second-order valence-corrected chi connectivity index (χ2v) is 6.27. The van der Waals surface area contributed by atoms with E-state index < -0.39 is 6.10 Å². The van der Waals surface area contributed by atoms with Crippen molar-refractivity contribution in [3.8, 4) is 5.75 Å². The number of nitrogens with one attached hydrogen (secondary N) is 2. The summed E-state index contributed by atoms with van der Waals surface area (Å²) in [5.41, 5.74) is 0. The number of rotatable bonds is 4. The fourth-order valence-electron chi connectivity index (χ4n) is 2.30. The molecule has 124 valence electrons. The van der Waals surface area contributed by atoms with E-state index in [0.717, 1.165) is 19.5 Å². The molecule has 2 rings (SSSR count). The van der Waals surface area contributed by atoms with Crippen molar-refractivity contribution < 1.29 is 13.9 Å². The van der Waals surface area contributed by atoms with Crippen LogP contribution >= 0.6 is 28.3 Å². The van der Waals surface area contributed by atoms with Crippen molar-refractivity contribution in [2.45, 2.75) is 32.4 Å². The van der Waals surface area contributed by atoms with Crippen molar-refractivity contribution in [3.05, 3.63) is 28.5 Å². The highest BCUT2D eigenvalue weighted by atomic mass is 79.9. The van der Waals surface area contributed by atoms with Crippen LogP contribution in [0.4, 0.5) is 4.39 Å². The van der Waals surface area contributed by atoms with Gasteiger partial charge in [-0.2, -0.15) is 0 Å². The number of halogens is 3. The quantitative estimate of drug-likeness (QED) is 0.824. The number of ether oxygens (including phenoxy) is 1. The fraction of sp³-hybridized carbons (Fsp3) is 0.533. The van der Waals surface area contributed by atoms with Crippen LogP contribution in [0.3, 0.4) is 0 Å². The van der Waals surface area contributed by atoms with Crippen LogP contribution in [0.15, 0.2) is 22.7 Å². The molecule has 0 spiro atoms. The van der Waals surface area contributed by atoms with Crippen molar-refractivity contribution in [3.63, 3.8) is 0 Å². The topological polar surface area (TPSA) is 50.4 Å². The lowest BCUT2D eigenvalue weighted by molar-refractivity contribution is -0.128. The molecule has 2 N–H and O–H groups in total. The summed E-state index contributed by atoms with van der Waals surface area (Å²) in [6, 6.07) is 4.24. The van der Waals surface area contributed by atoms with Crippen molar-refractivity contribution >= 4 is 34.2 Å². The van der Waals surface area contributed by atoms with E-state index >= 15 is 0 Å². The summed E-state index contributed by atoms with van der Waals surface area (Å²) in [7, 11) is 0. The summed E-state index contributed by atoms with van der Waals surface area (Å²) < 4.78 is 19.1. The van der Waals surface area contributed by atoms with E-state index in [1.807, 2.05) is 0 Å². The molecule has 1 fully saturated rings. The molecule has 1 saturated heterocycles. The van der Waals surface area contributed by atoms with Gasteiger partial charge in [0.15, 0.2) is 6.10 Å². The van der Waals surface area contributed by atoms with Gasteiger partial charge in [-0.05, 0) is 59.9 Å². The van der Waals surface area contributed by atoms with Gasteiger partial charge in [0.05, 0.1) is 4.47 Å². The second kappa shape index (κ2) is 8.70. The summed E-state index contributed by atoms with van der Waals surface area (Å²) >= 11 is 3.23. The Kier molecular flexibility index (Phi) is 7.59. The molecule has 1 aromatic rings. The number of amides is 1. The van der Waals surface area contributed by atoms with Crippen LogP contribution in [0.1, 0.15) is 20.3 Å². The van der Waals surface area contributed by atoms with Gasteiger partial charge in [0.1, 0.15) is 11.6 Å². The van der Waals surface area contributed by atoms with E-state index in [1.165, 1.54) is 18.2 Å². The lowest BCUT2D eigenvalue weighted by Gasteiger charge is -2.31. The van der Waals surface area contributed by atoms with Crippen LogP contribution < -0.4 is 15.4 Å². The first kappa shape index (κ1) is 19.2. The maximum absolute atomic E-state index is 13.0. The average molecular weight is 396 g/mol. The number of carbonyl (C=O) groups is 1. The summed E-state index contributed by atoms with van der Waals surface area (Å²) in [6.45, 7) is 5.59. The summed E-state index contributed by atoms with van der Waals surface area (Å²) in [5, 5.41) is 6.27. The van der Waals surface area contributed by atoms with Crippen molar-refractivity contribution in [2.24, 2.45) is 5.92 Å². The van der Waals surface area contributed by atoms with Crippen LogP contribution in [0, 0.1) is 11.7 Å². The fourth-order valence-corrected chi connectivity index (χ4v) is 2.74. The molecule has 3 unspecified atom stereocenters. The van der Waals surface area contributed by atoms with Crippen molar-refractivity contribution in [1.29, 1.82) is 0 Å². The highest BCUT2D eigenvalue weighted by Gasteiger charge is 2.25. The molecule has 1 aliphatic heterocycles. The SMILES string of the molecule is CC(Oc1ccc(F)cc1Br)C(=O)NC1CNCCC1C.Cl. The Hall–Kier alpha value is -0.850. The van der Waals surface area contributed by atoms with Gasteiger partial charge in [-0.15, -0.1) is 12.4 Å². The van der Waals surface area contributed by atoms with Gasteiger partial charge in [0.2, 0.25) is 0 Å². The molecule has 1 aromatic carbocycles. The highest BCUT2D eigenvalue weighted by molar-refractivity contribution is 9.10. The van der Waals surface area contributed by atoms with E-state index in [0.29, 0.717) is 16.1 Å². The maximum atomic E-state index is 13.0. The molecular weight excluding hydrogens is 375 g/mol. The zero-order chi connectivity index (χ0) is 15.4. The Labute approximate surface area is 144 Å². The van der Waals surface area contributed by atoms with Gasteiger partial charge in [0.25, 0.3) is 5.91 Å². The molecule has 1 heterocycles. The maximum Gasteiger partial charge on any atom is 0.261 e. The van der Waals surface area contributed by atoms with Crippen LogP contribution in [0.2, 0.25) is 0 Å². The van der Waals surface area contributed by atoms with Gasteiger partial charge >= 0.3 is 0 Å². The summed E-state index contributed by atoms with van der Waals surface area (Å²) in [6.07, 6.45) is 0.407. The first-order valence-electron chi connectivity index (χ1n) is 7.10. The van der Waals surface area contributed by atoms with Crippen LogP contribution in [0.5, 0.6) is 5.75 Å². The van der Waals surface area contributed by atoms with Gasteiger partial charge < -0.3 is 15.4 Å². The zero-order valence-corrected chi connectivity index (χ0v) is 15.0. The van der Waals surface area contributed by atoms with Crippen LogP contribution in [-0.2, 0) is 4.79 Å². The first-order valence-corrected chi connectivity index (χ1v) is 7.89. The third-order valence-electron chi connectivity index (χ3n) is 3.72. The molecular formula is C15H21BrClFN2O2. The Morgan fingerprint density at radius 1 is 1.55 bits per heavy atom. The number of hydrogen-bond donors (Lipinski definition) is 2. The van der Waals surface area contributed by atoms with E-state index in [4.69, 9.17) is 4.74 Å². The van der Waals surface area contributed by atoms with Gasteiger partial charge in [-0.3, -0.25) is 4.79 Å². The zero-order valence-electron chi connectivity index (χ0n) is 12.6. The van der Waals surface area contributed by atoms with E-state index in [9.17, 15) is 9.18 Å². The van der Waals surface area contributed by atoms with Gasteiger partial charge in [0, 0.05) is 12.6 Å². The molecule has 1 amide bonds. The van der Waals surface area contributed by atoms with E-state index in [2.05, 4.69) is 33.5 Å². The molecule has 22 heavy (non-hydrogen) atoms. The molecule has 0 bridgehead atoms. The average Bonchev–Trinajstić information content (AvgIpc) is 2.44. The lowest BCUT2D eigenvalue weighted by atomic mass is 9.95. The Balaban J connectivity index is 0.00000242. The normalized spacial score (nSPS) is 22.4. The Morgan fingerprint density at radius 3 is 2.91 bits per heavy atom. The molecule has 7 heteroatoms. The predicted octanol–water partition coefficient (Wildman–Crippen LogP) is 2.89. The number of piperidine rings is 1. The number of carbonyl (C=O) groups excluding carboxylic acids is 1. The molecule has 0 saturated carbocycles. The summed E-state index contributed by atoms with van der Waals surface area (Å²) in [5.74, 6) is 0.383. The molecule has 0 aromatic heterocycles. The molecule has 0 aliphatic carbocycles. The van der Waals surface area contributed by atoms with Gasteiger partial charge in [-0.1, -0.05) is 6.92 Å². The predicted molar refractivity (Wildman–Crippen MR) is 90.0 cm³/mol. The Bertz CT molecular complexity index is 518. The van der Waals surface area contributed by atoms with Crippen molar-refractivity contribution in [2.75, 3.05) is 13.1 Å². The molecule has 1 aliphatic rings. The lowest BCUT2D eigenvalue weighted by Crippen LogP contribution is -2.52. The van der Waals surface area contributed by atoms with E-state index in [1.54, 1.807) is 6.92 Å². The van der Waals surface area contributed by atoms with Gasteiger partial charge in [-0.25, -0.2) is 4.39 Å². The minimum absolute atomic E-state index is 0. The van der Waals surface area contributed by atoms with Crippen molar-refractivity contribution in [1.82, 2.24) is 10.6 Å². The minimum atomic E-state index is -0.638.